The summed E-state index contributed by atoms with van der Waals surface area (Å²) in [6.07, 6.45) is 2.16. The van der Waals surface area contributed by atoms with Gasteiger partial charge in [0.05, 0.1) is 18.1 Å². The van der Waals surface area contributed by atoms with Crippen LogP contribution in [0.1, 0.15) is 21.7 Å². The summed E-state index contributed by atoms with van der Waals surface area (Å²) in [6.45, 7) is 6.48. The first-order chi connectivity index (χ1) is 14.9. The molecule has 31 heavy (non-hydrogen) atoms. The molecule has 0 saturated carbocycles. The molecule has 0 N–H and O–H groups in total. The molecule has 0 radical (unpaired) electrons. The van der Waals surface area contributed by atoms with Gasteiger partial charge in [0.15, 0.2) is 5.82 Å². The summed E-state index contributed by atoms with van der Waals surface area (Å²) in [7, 11) is 0. The van der Waals surface area contributed by atoms with Crippen LogP contribution < -0.4 is 4.90 Å². The number of fused-ring (bicyclic) bond motifs is 1. The maximum absolute atomic E-state index is 14.7. The fraction of sp³-hybridized carbons (Fsp3) is 0.364. The summed E-state index contributed by atoms with van der Waals surface area (Å²) in [4.78, 5) is 26.2. The molecule has 2 unspecified atom stereocenters. The van der Waals surface area contributed by atoms with Gasteiger partial charge in [0.25, 0.3) is 5.91 Å². The Hall–Kier alpha value is -3.36. The summed E-state index contributed by atoms with van der Waals surface area (Å²) in [5.74, 6) is -0.321. The molecule has 0 bridgehead atoms. The quantitative estimate of drug-likeness (QED) is 0.647. The lowest BCUT2D eigenvalue weighted by Gasteiger charge is -2.23. The van der Waals surface area contributed by atoms with Gasteiger partial charge in [0, 0.05) is 49.4 Å². The van der Waals surface area contributed by atoms with E-state index in [4.69, 9.17) is 0 Å². The highest BCUT2D eigenvalue weighted by atomic mass is 19.1. The first-order valence-electron chi connectivity index (χ1n) is 10.2. The minimum absolute atomic E-state index is 0.0833. The van der Waals surface area contributed by atoms with E-state index >= 15 is 0 Å². The molecule has 0 aliphatic carbocycles. The molecular weight excluding hydrogens is 402 g/mol. The summed E-state index contributed by atoms with van der Waals surface area (Å²) in [6, 6.07) is 6.24. The number of amides is 1. The SMILES string of the molecule is Cc1cc(C)nc(N2CC3CN(C(=O)c4c(F)cccc4-n4cc(F)cn4)CC3C2)n1. The van der Waals surface area contributed by atoms with E-state index in [1.54, 1.807) is 11.0 Å². The third-order valence-corrected chi connectivity index (χ3v) is 6.03. The van der Waals surface area contributed by atoms with Gasteiger partial charge in [-0.1, -0.05) is 6.07 Å². The molecule has 4 heterocycles. The van der Waals surface area contributed by atoms with E-state index in [-0.39, 0.29) is 23.1 Å². The lowest BCUT2D eigenvalue weighted by molar-refractivity contribution is 0.0777. The number of carbonyl (C=O) groups excluding carboxylic acids is 1. The highest BCUT2D eigenvalue weighted by Gasteiger charge is 2.43. The van der Waals surface area contributed by atoms with Crippen LogP contribution in [0, 0.1) is 37.3 Å². The fourth-order valence-electron chi connectivity index (χ4n) is 4.68. The maximum atomic E-state index is 14.7. The Morgan fingerprint density at radius 1 is 1.03 bits per heavy atom. The maximum Gasteiger partial charge on any atom is 0.259 e. The minimum atomic E-state index is -0.638. The molecular formula is C22H22F2N6O. The van der Waals surface area contributed by atoms with Gasteiger partial charge in [-0.3, -0.25) is 4.79 Å². The van der Waals surface area contributed by atoms with E-state index in [0.29, 0.717) is 13.1 Å². The summed E-state index contributed by atoms with van der Waals surface area (Å²) < 4.78 is 29.3. The molecule has 5 rings (SSSR count). The van der Waals surface area contributed by atoms with Crippen LogP contribution in [0.4, 0.5) is 14.7 Å². The monoisotopic (exact) mass is 424 g/mol. The van der Waals surface area contributed by atoms with E-state index in [1.165, 1.54) is 16.8 Å². The van der Waals surface area contributed by atoms with Gasteiger partial charge in [-0.2, -0.15) is 5.10 Å². The molecule has 2 aliphatic rings. The topological polar surface area (TPSA) is 67.2 Å². The average molecular weight is 424 g/mol. The largest absolute Gasteiger partial charge is 0.340 e. The molecule has 160 valence electrons. The van der Waals surface area contributed by atoms with Gasteiger partial charge in [0.2, 0.25) is 5.95 Å². The third kappa shape index (κ3) is 3.54. The van der Waals surface area contributed by atoms with Gasteiger partial charge in [-0.05, 0) is 32.0 Å². The fourth-order valence-corrected chi connectivity index (χ4v) is 4.68. The predicted molar refractivity (Wildman–Crippen MR) is 110 cm³/mol. The van der Waals surface area contributed by atoms with E-state index < -0.39 is 17.5 Å². The highest BCUT2D eigenvalue weighted by Crippen LogP contribution is 2.34. The number of halogens is 2. The first-order valence-corrected chi connectivity index (χ1v) is 10.2. The van der Waals surface area contributed by atoms with Crippen LogP contribution in [0.25, 0.3) is 5.69 Å². The van der Waals surface area contributed by atoms with Crippen LogP contribution in [0.2, 0.25) is 0 Å². The first kappa shape index (κ1) is 19.6. The molecule has 1 aromatic carbocycles. The van der Waals surface area contributed by atoms with Crippen molar-refractivity contribution in [3.05, 3.63) is 65.2 Å². The number of hydrogen-bond acceptors (Lipinski definition) is 5. The summed E-state index contributed by atoms with van der Waals surface area (Å²) in [5, 5.41) is 3.90. The van der Waals surface area contributed by atoms with Gasteiger partial charge < -0.3 is 9.80 Å². The molecule has 3 aromatic rings. The lowest BCUT2D eigenvalue weighted by atomic mass is 10.0. The molecule has 2 saturated heterocycles. The number of likely N-dealkylation sites (tertiary alicyclic amines) is 1. The number of nitrogens with zero attached hydrogens (tertiary/aromatic N) is 6. The van der Waals surface area contributed by atoms with Crippen LogP contribution in [-0.2, 0) is 0 Å². The Kier molecular flexibility index (Phi) is 4.68. The number of carbonyl (C=O) groups is 1. The van der Waals surface area contributed by atoms with E-state index in [9.17, 15) is 13.6 Å². The van der Waals surface area contributed by atoms with Crippen LogP contribution in [0.5, 0.6) is 0 Å². The van der Waals surface area contributed by atoms with Crippen molar-refractivity contribution in [2.24, 2.45) is 11.8 Å². The number of aromatic nitrogens is 4. The second-order valence-corrected chi connectivity index (χ2v) is 8.32. The number of rotatable bonds is 3. The zero-order valence-electron chi connectivity index (χ0n) is 17.3. The molecule has 0 spiro atoms. The smallest absolute Gasteiger partial charge is 0.259 e. The Labute approximate surface area is 178 Å². The van der Waals surface area contributed by atoms with Crippen molar-refractivity contribution < 1.29 is 13.6 Å². The van der Waals surface area contributed by atoms with Crippen molar-refractivity contribution in [3.63, 3.8) is 0 Å². The van der Waals surface area contributed by atoms with Gasteiger partial charge in [-0.15, -0.1) is 0 Å². The number of aryl methyl sites for hydroxylation is 2. The van der Waals surface area contributed by atoms with Crippen molar-refractivity contribution in [1.82, 2.24) is 24.6 Å². The van der Waals surface area contributed by atoms with Gasteiger partial charge >= 0.3 is 0 Å². The predicted octanol–water partition coefficient (Wildman–Crippen LogP) is 2.77. The Bertz CT molecular complexity index is 1130. The molecule has 2 fully saturated rings. The van der Waals surface area contributed by atoms with Crippen LogP contribution in [0.3, 0.4) is 0 Å². The number of anilines is 1. The summed E-state index contributed by atoms with van der Waals surface area (Å²) in [5.41, 5.74) is 2.01. The second-order valence-electron chi connectivity index (χ2n) is 8.32. The Morgan fingerprint density at radius 2 is 1.71 bits per heavy atom. The van der Waals surface area contributed by atoms with Crippen LogP contribution in [0.15, 0.2) is 36.7 Å². The van der Waals surface area contributed by atoms with Crippen LogP contribution in [-0.4, -0.2) is 56.7 Å². The van der Waals surface area contributed by atoms with Gasteiger partial charge in [-0.25, -0.2) is 23.4 Å². The van der Waals surface area contributed by atoms with E-state index in [0.717, 1.165) is 42.8 Å². The Balaban J connectivity index is 1.35. The number of benzene rings is 1. The third-order valence-electron chi connectivity index (χ3n) is 6.03. The minimum Gasteiger partial charge on any atom is -0.340 e. The normalized spacial score (nSPS) is 20.4. The number of hydrogen-bond donors (Lipinski definition) is 0. The zero-order valence-corrected chi connectivity index (χ0v) is 17.3. The Morgan fingerprint density at radius 3 is 2.32 bits per heavy atom. The molecule has 1 amide bonds. The van der Waals surface area contributed by atoms with Crippen molar-refractivity contribution in [1.29, 1.82) is 0 Å². The summed E-state index contributed by atoms with van der Waals surface area (Å²) >= 11 is 0. The standard InChI is InChI=1S/C22H22F2N6O/c1-13-6-14(2)27-22(26-13)29-10-15-8-28(9-16(15)11-29)21(31)20-18(24)4-3-5-19(20)30-12-17(23)7-25-30/h3-7,12,15-16H,8-11H2,1-2H3. The molecule has 7 nitrogen and oxygen atoms in total. The van der Waals surface area contributed by atoms with Crippen molar-refractivity contribution in [2.45, 2.75) is 13.8 Å². The van der Waals surface area contributed by atoms with Crippen molar-refractivity contribution in [2.75, 3.05) is 31.1 Å². The lowest BCUT2D eigenvalue weighted by Crippen LogP contribution is -2.34. The van der Waals surface area contributed by atoms with Crippen molar-refractivity contribution in [3.8, 4) is 5.69 Å². The van der Waals surface area contributed by atoms with Crippen LogP contribution >= 0.6 is 0 Å². The van der Waals surface area contributed by atoms with E-state index in [2.05, 4.69) is 20.0 Å². The highest BCUT2D eigenvalue weighted by molar-refractivity contribution is 5.98. The second kappa shape index (κ2) is 7.40. The average Bonchev–Trinajstić information content (AvgIpc) is 3.41. The molecule has 2 atom stereocenters. The molecule has 2 aliphatic heterocycles. The zero-order chi connectivity index (χ0) is 21.7. The molecule has 2 aromatic heterocycles. The van der Waals surface area contributed by atoms with Crippen molar-refractivity contribution >= 4 is 11.9 Å². The van der Waals surface area contributed by atoms with Gasteiger partial charge in [0.1, 0.15) is 11.4 Å². The van der Waals surface area contributed by atoms with E-state index in [1.807, 2.05) is 19.9 Å². The molecule has 9 heteroatoms.